The first-order chi connectivity index (χ1) is 9.11. The molecule has 0 spiro atoms. The van der Waals surface area contributed by atoms with Crippen LogP contribution in [0.15, 0.2) is 22.6 Å². The highest BCUT2D eigenvalue weighted by Crippen LogP contribution is 2.25. The fourth-order valence-electron chi connectivity index (χ4n) is 1.67. The Bertz CT molecular complexity index is 594. The van der Waals surface area contributed by atoms with E-state index in [0.717, 1.165) is 12.1 Å². The van der Waals surface area contributed by atoms with E-state index in [2.05, 4.69) is 15.5 Å². The van der Waals surface area contributed by atoms with Crippen molar-refractivity contribution in [1.29, 1.82) is 0 Å². The smallest absolute Gasteiger partial charge is 0.269 e. The van der Waals surface area contributed by atoms with Gasteiger partial charge in [-0.3, -0.25) is 10.1 Å². The summed E-state index contributed by atoms with van der Waals surface area (Å²) in [5, 5.41) is 21.6. The number of hydrogen-bond donors (Lipinski definition) is 1. The quantitative estimate of drug-likeness (QED) is 0.654. The lowest BCUT2D eigenvalue weighted by atomic mass is 10.1. The zero-order valence-electron chi connectivity index (χ0n) is 10.7. The highest BCUT2D eigenvalue weighted by atomic mass is 16.6. The average Bonchev–Trinajstić information content (AvgIpc) is 2.84. The van der Waals surface area contributed by atoms with Gasteiger partial charge in [0.15, 0.2) is 0 Å². The number of nitro benzene ring substituents is 1. The molecule has 0 aliphatic heterocycles. The van der Waals surface area contributed by atoms with Gasteiger partial charge >= 0.3 is 0 Å². The number of nitro groups is 1. The third kappa shape index (κ3) is 2.94. The van der Waals surface area contributed by atoms with Crippen LogP contribution in [0.5, 0.6) is 0 Å². The second-order valence-electron chi connectivity index (χ2n) is 4.04. The predicted octanol–water partition coefficient (Wildman–Crippen LogP) is 2.06. The minimum absolute atomic E-state index is 0.0497. The molecule has 0 bridgehead atoms. The van der Waals surface area contributed by atoms with Crippen LogP contribution < -0.4 is 5.32 Å². The molecule has 1 aromatic carbocycles. The SMILES string of the molecule is CCNCc1nnc(-c2ccc([N+](=O)[O-])cc2C)o1. The molecule has 2 rings (SSSR count). The molecule has 0 aliphatic rings. The third-order valence-corrected chi connectivity index (χ3v) is 2.64. The fourth-order valence-corrected chi connectivity index (χ4v) is 1.67. The van der Waals surface area contributed by atoms with Crippen molar-refractivity contribution < 1.29 is 9.34 Å². The largest absolute Gasteiger partial charge is 0.419 e. The molecule has 7 heteroatoms. The first kappa shape index (κ1) is 13.2. The standard InChI is InChI=1S/C12H14N4O3/c1-3-13-7-11-14-15-12(19-11)10-5-4-9(16(17)18)6-8(10)2/h4-6,13H,3,7H2,1-2H3. The Morgan fingerprint density at radius 1 is 1.42 bits per heavy atom. The summed E-state index contributed by atoms with van der Waals surface area (Å²) in [7, 11) is 0. The summed E-state index contributed by atoms with van der Waals surface area (Å²) < 4.78 is 5.50. The Hall–Kier alpha value is -2.28. The van der Waals surface area contributed by atoms with Crippen LogP contribution in [-0.2, 0) is 6.54 Å². The van der Waals surface area contributed by atoms with E-state index in [-0.39, 0.29) is 5.69 Å². The maximum Gasteiger partial charge on any atom is 0.269 e. The number of hydrogen-bond acceptors (Lipinski definition) is 6. The number of rotatable bonds is 5. The molecule has 7 nitrogen and oxygen atoms in total. The summed E-state index contributed by atoms with van der Waals surface area (Å²) in [6, 6.07) is 4.54. The normalized spacial score (nSPS) is 10.6. The molecular weight excluding hydrogens is 248 g/mol. The van der Waals surface area contributed by atoms with Crippen LogP contribution in [0, 0.1) is 17.0 Å². The summed E-state index contributed by atoms with van der Waals surface area (Å²) in [6.45, 7) is 5.08. The Kier molecular flexibility index (Phi) is 3.86. The Morgan fingerprint density at radius 2 is 2.21 bits per heavy atom. The second-order valence-corrected chi connectivity index (χ2v) is 4.04. The molecule has 1 N–H and O–H groups in total. The lowest BCUT2D eigenvalue weighted by Gasteiger charge is -2.00. The number of nitrogens with one attached hydrogen (secondary N) is 1. The molecular formula is C12H14N4O3. The van der Waals surface area contributed by atoms with Gasteiger partial charge in [0.05, 0.1) is 11.5 Å². The molecule has 0 radical (unpaired) electrons. The van der Waals surface area contributed by atoms with Crippen molar-refractivity contribution >= 4 is 5.69 Å². The van der Waals surface area contributed by atoms with Gasteiger partial charge in [-0.2, -0.15) is 0 Å². The lowest BCUT2D eigenvalue weighted by molar-refractivity contribution is -0.384. The van der Waals surface area contributed by atoms with Gasteiger partial charge in [-0.1, -0.05) is 6.92 Å². The molecule has 0 atom stereocenters. The van der Waals surface area contributed by atoms with Gasteiger partial charge in [-0.25, -0.2) is 0 Å². The first-order valence-electron chi connectivity index (χ1n) is 5.90. The topological polar surface area (TPSA) is 94.1 Å². The van der Waals surface area contributed by atoms with Gasteiger partial charge in [0.2, 0.25) is 11.8 Å². The highest BCUT2D eigenvalue weighted by Gasteiger charge is 2.14. The molecule has 100 valence electrons. The molecule has 0 saturated heterocycles. The van der Waals surface area contributed by atoms with Gasteiger partial charge in [-0.15, -0.1) is 10.2 Å². The van der Waals surface area contributed by atoms with E-state index in [0.29, 0.717) is 23.9 Å². The van der Waals surface area contributed by atoms with Gasteiger partial charge < -0.3 is 9.73 Å². The molecule has 1 aromatic heterocycles. The van der Waals surface area contributed by atoms with Crippen molar-refractivity contribution in [2.75, 3.05) is 6.54 Å². The van der Waals surface area contributed by atoms with Crippen LogP contribution in [0.25, 0.3) is 11.5 Å². The van der Waals surface area contributed by atoms with Crippen LogP contribution in [-0.4, -0.2) is 21.7 Å². The highest BCUT2D eigenvalue weighted by molar-refractivity contribution is 5.60. The van der Waals surface area contributed by atoms with E-state index in [9.17, 15) is 10.1 Å². The Labute approximate surface area is 109 Å². The van der Waals surface area contributed by atoms with E-state index >= 15 is 0 Å². The van der Waals surface area contributed by atoms with Crippen LogP contribution in [0.4, 0.5) is 5.69 Å². The predicted molar refractivity (Wildman–Crippen MR) is 68.5 cm³/mol. The van der Waals surface area contributed by atoms with Crippen LogP contribution in [0.1, 0.15) is 18.4 Å². The zero-order valence-corrected chi connectivity index (χ0v) is 10.7. The van der Waals surface area contributed by atoms with Crippen LogP contribution in [0.2, 0.25) is 0 Å². The molecule has 0 fully saturated rings. The van der Waals surface area contributed by atoms with Crippen LogP contribution >= 0.6 is 0 Å². The van der Waals surface area contributed by atoms with E-state index in [1.165, 1.54) is 12.1 Å². The summed E-state index contributed by atoms with van der Waals surface area (Å²) in [4.78, 5) is 10.2. The minimum Gasteiger partial charge on any atom is -0.419 e. The molecule has 0 unspecified atom stereocenters. The number of non-ortho nitro benzene ring substituents is 1. The maximum absolute atomic E-state index is 10.7. The van der Waals surface area contributed by atoms with Crippen molar-refractivity contribution in [2.24, 2.45) is 0 Å². The summed E-state index contributed by atoms with van der Waals surface area (Å²) in [5.74, 6) is 0.870. The fraction of sp³-hybridized carbons (Fsp3) is 0.333. The molecule has 0 amide bonds. The van der Waals surface area contributed by atoms with Gasteiger partial charge in [0.1, 0.15) is 0 Å². The number of aromatic nitrogens is 2. The van der Waals surface area contributed by atoms with Crippen molar-refractivity contribution in [2.45, 2.75) is 20.4 Å². The molecule has 19 heavy (non-hydrogen) atoms. The van der Waals surface area contributed by atoms with Gasteiger partial charge in [-0.05, 0) is 25.1 Å². The van der Waals surface area contributed by atoms with E-state index in [1.807, 2.05) is 6.92 Å². The van der Waals surface area contributed by atoms with Crippen molar-refractivity contribution in [3.63, 3.8) is 0 Å². The average molecular weight is 262 g/mol. The van der Waals surface area contributed by atoms with Crippen molar-refractivity contribution in [3.05, 3.63) is 39.8 Å². The molecule has 1 heterocycles. The van der Waals surface area contributed by atoms with E-state index in [1.54, 1.807) is 13.0 Å². The zero-order chi connectivity index (χ0) is 13.8. The number of benzene rings is 1. The maximum atomic E-state index is 10.7. The van der Waals surface area contributed by atoms with E-state index in [4.69, 9.17) is 4.42 Å². The second kappa shape index (κ2) is 5.57. The van der Waals surface area contributed by atoms with Gasteiger partial charge in [0, 0.05) is 17.7 Å². The Balaban J connectivity index is 2.26. The summed E-state index contributed by atoms with van der Waals surface area (Å²) in [6.07, 6.45) is 0. The van der Waals surface area contributed by atoms with Gasteiger partial charge in [0.25, 0.3) is 5.69 Å². The van der Waals surface area contributed by atoms with Crippen molar-refractivity contribution in [3.8, 4) is 11.5 Å². The Morgan fingerprint density at radius 3 is 2.84 bits per heavy atom. The molecule has 0 saturated carbocycles. The molecule has 2 aromatic rings. The minimum atomic E-state index is -0.429. The molecule has 0 aliphatic carbocycles. The first-order valence-corrected chi connectivity index (χ1v) is 5.90. The number of nitrogens with zero attached hydrogens (tertiary/aromatic N) is 3. The third-order valence-electron chi connectivity index (χ3n) is 2.64. The summed E-state index contributed by atoms with van der Waals surface area (Å²) >= 11 is 0. The summed E-state index contributed by atoms with van der Waals surface area (Å²) in [5.41, 5.74) is 1.49. The number of aryl methyl sites for hydroxylation is 1. The van der Waals surface area contributed by atoms with E-state index < -0.39 is 4.92 Å². The van der Waals surface area contributed by atoms with Crippen LogP contribution in [0.3, 0.4) is 0 Å². The lowest BCUT2D eigenvalue weighted by Crippen LogP contribution is -2.11. The van der Waals surface area contributed by atoms with Crippen molar-refractivity contribution in [1.82, 2.24) is 15.5 Å². The monoisotopic (exact) mass is 262 g/mol.